The molecule has 1 aromatic rings. The number of ether oxygens (including phenoxy) is 1. The van der Waals surface area contributed by atoms with Gasteiger partial charge in [0.15, 0.2) is 5.17 Å². The van der Waals surface area contributed by atoms with E-state index in [2.05, 4.69) is 11.0 Å². The smallest absolute Gasteiger partial charge is 0.338 e. The number of aryl methyl sites for hydroxylation is 1. The number of carbonyl (C=O) groups is 2. The van der Waals surface area contributed by atoms with E-state index in [0.717, 1.165) is 53.6 Å². The number of aliphatic imine (C=N–C) groups is 1. The third-order valence-corrected chi connectivity index (χ3v) is 6.67. The van der Waals surface area contributed by atoms with Gasteiger partial charge in [-0.3, -0.25) is 4.79 Å². The van der Waals surface area contributed by atoms with E-state index in [4.69, 9.17) is 9.73 Å². The molecule has 1 fully saturated rings. The van der Waals surface area contributed by atoms with Crippen molar-refractivity contribution < 1.29 is 14.3 Å². The second kappa shape index (κ2) is 8.68. The van der Waals surface area contributed by atoms with E-state index in [0.29, 0.717) is 18.4 Å². The van der Waals surface area contributed by atoms with Crippen molar-refractivity contribution in [2.24, 2.45) is 4.99 Å². The Kier molecular flexibility index (Phi) is 5.99. The zero-order chi connectivity index (χ0) is 21.3. The topological polar surface area (TPSA) is 62.2 Å². The molecule has 0 saturated carbocycles. The Morgan fingerprint density at radius 2 is 2.03 bits per heavy atom. The number of benzene rings is 1. The van der Waals surface area contributed by atoms with E-state index in [1.165, 1.54) is 18.9 Å². The molecule has 1 saturated heterocycles. The molecule has 0 aliphatic carbocycles. The number of rotatable bonds is 5. The molecule has 158 valence electrons. The van der Waals surface area contributed by atoms with Crippen molar-refractivity contribution in [3.63, 3.8) is 0 Å². The van der Waals surface area contributed by atoms with Crippen molar-refractivity contribution in [1.82, 2.24) is 9.80 Å². The van der Waals surface area contributed by atoms with Gasteiger partial charge in [-0.2, -0.15) is 0 Å². The molecule has 6 nitrogen and oxygen atoms in total. The summed E-state index contributed by atoms with van der Waals surface area (Å²) in [5, 5.41) is 2.82. The molecule has 30 heavy (non-hydrogen) atoms. The zero-order valence-corrected chi connectivity index (χ0v) is 18.5. The molecule has 3 aliphatic heterocycles. The van der Waals surface area contributed by atoms with Crippen LogP contribution in [0.25, 0.3) is 0 Å². The van der Waals surface area contributed by atoms with Gasteiger partial charge < -0.3 is 14.5 Å². The molecule has 0 N–H and O–H groups in total. The minimum atomic E-state index is -0.372. The van der Waals surface area contributed by atoms with Crippen LogP contribution in [0.4, 0.5) is 0 Å². The summed E-state index contributed by atoms with van der Waals surface area (Å²) in [4.78, 5) is 34.5. The summed E-state index contributed by atoms with van der Waals surface area (Å²) in [5.74, 6) is -0.239. The Morgan fingerprint density at radius 3 is 2.70 bits per heavy atom. The maximum absolute atomic E-state index is 12.9. The van der Waals surface area contributed by atoms with E-state index >= 15 is 0 Å². The molecule has 0 unspecified atom stereocenters. The summed E-state index contributed by atoms with van der Waals surface area (Å²) in [7, 11) is 1.40. The largest absolute Gasteiger partial charge is 0.466 e. The van der Waals surface area contributed by atoms with Crippen molar-refractivity contribution >= 4 is 28.8 Å². The van der Waals surface area contributed by atoms with Gasteiger partial charge in [0.25, 0.3) is 0 Å². The third-order valence-electron chi connectivity index (χ3n) is 5.78. The maximum Gasteiger partial charge on any atom is 0.338 e. The van der Waals surface area contributed by atoms with Gasteiger partial charge in [-0.25, -0.2) is 9.79 Å². The minimum Gasteiger partial charge on any atom is -0.466 e. The van der Waals surface area contributed by atoms with E-state index in [9.17, 15) is 9.59 Å². The van der Waals surface area contributed by atoms with Gasteiger partial charge in [0.05, 0.1) is 30.8 Å². The van der Waals surface area contributed by atoms with Crippen molar-refractivity contribution in [3.8, 4) is 0 Å². The summed E-state index contributed by atoms with van der Waals surface area (Å²) in [6, 6.07) is 7.80. The summed E-state index contributed by atoms with van der Waals surface area (Å²) >= 11 is 1.52. The molecule has 0 bridgehead atoms. The molecule has 1 aromatic carbocycles. The van der Waals surface area contributed by atoms with Crippen molar-refractivity contribution in [1.29, 1.82) is 0 Å². The first-order valence-corrected chi connectivity index (χ1v) is 11.3. The van der Waals surface area contributed by atoms with Crippen LogP contribution in [0.3, 0.4) is 0 Å². The molecule has 3 aliphatic rings. The Balaban J connectivity index is 1.75. The summed E-state index contributed by atoms with van der Waals surface area (Å²) in [6.07, 6.45) is 3.07. The highest BCUT2D eigenvalue weighted by atomic mass is 32.2. The van der Waals surface area contributed by atoms with Crippen LogP contribution in [-0.4, -0.2) is 47.0 Å². The molecule has 4 rings (SSSR count). The SMILES string of the molecule is CCC1=C(C(=O)OC)[C@@H](c2cccc(C)c2)N2C(CC(=O)N3CCCC3)=CSC2=N1. The molecule has 1 atom stereocenters. The van der Waals surface area contributed by atoms with Crippen molar-refractivity contribution in [3.05, 3.63) is 57.8 Å². The molecular formula is C23H27N3O3S. The number of thioether (sulfide) groups is 1. The lowest BCUT2D eigenvalue weighted by Gasteiger charge is -2.37. The van der Waals surface area contributed by atoms with Crippen LogP contribution in [-0.2, 0) is 14.3 Å². The fourth-order valence-electron chi connectivity index (χ4n) is 4.30. The van der Waals surface area contributed by atoms with Gasteiger partial charge in [-0.05, 0) is 37.2 Å². The number of amidine groups is 1. The number of amides is 1. The first kappa shape index (κ1) is 20.7. The lowest BCUT2D eigenvalue weighted by Crippen LogP contribution is -2.38. The molecular weight excluding hydrogens is 398 g/mol. The van der Waals surface area contributed by atoms with Gasteiger partial charge in [0, 0.05) is 18.8 Å². The van der Waals surface area contributed by atoms with Gasteiger partial charge >= 0.3 is 5.97 Å². The highest BCUT2D eigenvalue weighted by Crippen LogP contribution is 2.45. The standard InChI is InChI=1S/C23H27N3O3S/c1-4-18-20(22(28)29-3)21(16-9-7-8-15(2)12-16)26-17(14-30-23(26)24-18)13-19(27)25-10-5-6-11-25/h7-9,12,14,21H,4-6,10-11,13H2,1-3H3/t21-/m1/s1. The van der Waals surface area contributed by atoms with Gasteiger partial charge in [-0.15, -0.1) is 0 Å². The van der Waals surface area contributed by atoms with Crippen LogP contribution in [0, 0.1) is 6.92 Å². The molecule has 3 heterocycles. The molecule has 7 heteroatoms. The van der Waals surface area contributed by atoms with E-state index < -0.39 is 0 Å². The first-order valence-electron chi connectivity index (χ1n) is 10.4. The van der Waals surface area contributed by atoms with Crippen LogP contribution < -0.4 is 0 Å². The van der Waals surface area contributed by atoms with Gasteiger partial charge in [0.2, 0.25) is 5.91 Å². The van der Waals surface area contributed by atoms with Crippen LogP contribution in [0.5, 0.6) is 0 Å². The second-order valence-electron chi connectivity index (χ2n) is 7.78. The third kappa shape index (κ3) is 3.78. The quantitative estimate of drug-likeness (QED) is 0.664. The Labute approximate surface area is 181 Å². The van der Waals surface area contributed by atoms with Crippen molar-refractivity contribution in [2.75, 3.05) is 20.2 Å². The normalized spacial score (nSPS) is 20.8. The molecule has 1 amide bonds. The second-order valence-corrected chi connectivity index (χ2v) is 8.61. The Bertz CT molecular complexity index is 960. The zero-order valence-electron chi connectivity index (χ0n) is 17.7. The monoisotopic (exact) mass is 425 g/mol. The average Bonchev–Trinajstić information content (AvgIpc) is 3.42. The Morgan fingerprint density at radius 1 is 1.27 bits per heavy atom. The lowest BCUT2D eigenvalue weighted by atomic mass is 9.92. The van der Waals surface area contributed by atoms with E-state index in [1.807, 2.05) is 42.4 Å². The highest BCUT2D eigenvalue weighted by Gasteiger charge is 2.41. The van der Waals surface area contributed by atoms with Crippen LogP contribution in [0.2, 0.25) is 0 Å². The molecule has 0 spiro atoms. The van der Waals surface area contributed by atoms with Crippen LogP contribution in [0.15, 0.2) is 51.6 Å². The summed E-state index contributed by atoms with van der Waals surface area (Å²) in [5.41, 5.74) is 4.29. The molecule has 0 radical (unpaired) electrons. The number of nitrogens with zero attached hydrogens (tertiary/aromatic N) is 3. The van der Waals surface area contributed by atoms with Crippen molar-refractivity contribution in [2.45, 2.75) is 45.6 Å². The first-order chi connectivity index (χ1) is 14.5. The fourth-order valence-corrected chi connectivity index (χ4v) is 5.24. The summed E-state index contributed by atoms with van der Waals surface area (Å²) < 4.78 is 5.16. The van der Waals surface area contributed by atoms with Gasteiger partial charge in [-0.1, -0.05) is 48.5 Å². The Hall–Kier alpha value is -2.54. The molecule has 0 aromatic heterocycles. The lowest BCUT2D eigenvalue weighted by molar-refractivity contribution is -0.136. The fraction of sp³-hybridized carbons (Fsp3) is 0.435. The van der Waals surface area contributed by atoms with E-state index in [1.54, 1.807) is 0 Å². The average molecular weight is 426 g/mol. The number of methoxy groups -OCH3 is 1. The summed E-state index contributed by atoms with van der Waals surface area (Å²) in [6.45, 7) is 5.69. The predicted molar refractivity (Wildman–Crippen MR) is 119 cm³/mol. The number of allylic oxidation sites excluding steroid dienone is 1. The number of esters is 1. The number of hydrogen-bond donors (Lipinski definition) is 0. The van der Waals surface area contributed by atoms with E-state index in [-0.39, 0.29) is 17.9 Å². The van der Waals surface area contributed by atoms with Gasteiger partial charge in [0.1, 0.15) is 0 Å². The number of hydrogen-bond acceptors (Lipinski definition) is 6. The van der Waals surface area contributed by atoms with Crippen LogP contribution in [0.1, 0.15) is 49.8 Å². The highest BCUT2D eigenvalue weighted by molar-refractivity contribution is 8.16. The number of fused-ring (bicyclic) bond motifs is 1. The minimum absolute atomic E-state index is 0.133. The maximum atomic E-state index is 12.9. The number of carbonyl (C=O) groups excluding carboxylic acids is 2. The number of likely N-dealkylation sites (tertiary alicyclic amines) is 1. The van der Waals surface area contributed by atoms with Crippen LogP contribution >= 0.6 is 11.8 Å². The predicted octanol–water partition coefficient (Wildman–Crippen LogP) is 4.15.